The summed E-state index contributed by atoms with van der Waals surface area (Å²) in [6, 6.07) is 4.76. The number of nitrogens with two attached hydrogens (primary N) is 1. The Kier molecular flexibility index (Phi) is 3.57. The number of anilines is 1. The van der Waals surface area contributed by atoms with Crippen molar-refractivity contribution in [1.29, 1.82) is 0 Å². The van der Waals surface area contributed by atoms with Crippen LogP contribution in [0.3, 0.4) is 0 Å². The maximum Gasteiger partial charge on any atom is 0.243 e. The largest absolute Gasteiger partial charge is 0.437 e. The first-order valence-corrected chi connectivity index (χ1v) is 5.60. The lowest BCUT2D eigenvalue weighted by molar-refractivity contribution is 0.463. The Morgan fingerprint density at radius 1 is 1.06 bits per heavy atom. The second-order valence-electron chi connectivity index (χ2n) is 3.09. The van der Waals surface area contributed by atoms with E-state index in [1.807, 2.05) is 0 Å². The molecular formula is C10H6Cl3N3O. The molecule has 0 aliphatic heterocycles. The quantitative estimate of drug-likeness (QED) is 0.913. The van der Waals surface area contributed by atoms with Crippen LogP contribution in [-0.4, -0.2) is 9.97 Å². The molecule has 0 fully saturated rings. The fraction of sp³-hybridized carbons (Fsp3) is 0. The average molecular weight is 291 g/mol. The summed E-state index contributed by atoms with van der Waals surface area (Å²) in [5, 5.41) is 1.14. The fourth-order valence-corrected chi connectivity index (χ4v) is 1.77. The zero-order valence-corrected chi connectivity index (χ0v) is 10.6. The molecule has 1 heterocycles. The highest BCUT2D eigenvalue weighted by Crippen LogP contribution is 2.30. The third-order valence-electron chi connectivity index (χ3n) is 1.78. The van der Waals surface area contributed by atoms with Crippen LogP contribution in [0.1, 0.15) is 0 Å². The number of nitrogens with zero attached hydrogens (tertiary/aromatic N) is 2. The van der Waals surface area contributed by atoms with Crippen molar-refractivity contribution in [2.75, 3.05) is 5.73 Å². The molecular weight excluding hydrogens is 284 g/mol. The zero-order chi connectivity index (χ0) is 12.4. The maximum atomic E-state index is 5.85. The van der Waals surface area contributed by atoms with Crippen LogP contribution in [0.4, 0.5) is 5.95 Å². The molecule has 0 saturated carbocycles. The van der Waals surface area contributed by atoms with Gasteiger partial charge in [-0.05, 0) is 18.2 Å². The smallest absolute Gasteiger partial charge is 0.243 e. The Bertz CT molecular complexity index is 542. The van der Waals surface area contributed by atoms with Gasteiger partial charge in [0.05, 0.1) is 6.20 Å². The van der Waals surface area contributed by atoms with Crippen molar-refractivity contribution in [3.63, 3.8) is 0 Å². The van der Waals surface area contributed by atoms with Gasteiger partial charge in [-0.2, -0.15) is 4.98 Å². The molecule has 2 rings (SSSR count). The van der Waals surface area contributed by atoms with Gasteiger partial charge in [0.25, 0.3) is 0 Å². The first-order valence-electron chi connectivity index (χ1n) is 4.46. The zero-order valence-electron chi connectivity index (χ0n) is 8.32. The van der Waals surface area contributed by atoms with E-state index in [1.54, 1.807) is 18.2 Å². The molecule has 0 aliphatic rings. The molecule has 7 heteroatoms. The molecule has 0 saturated heterocycles. The van der Waals surface area contributed by atoms with Crippen molar-refractivity contribution in [1.82, 2.24) is 9.97 Å². The Labute approximate surface area is 112 Å². The summed E-state index contributed by atoms with van der Waals surface area (Å²) >= 11 is 17.5. The van der Waals surface area contributed by atoms with Crippen LogP contribution >= 0.6 is 34.8 Å². The van der Waals surface area contributed by atoms with Crippen molar-refractivity contribution < 1.29 is 4.74 Å². The van der Waals surface area contributed by atoms with E-state index in [9.17, 15) is 0 Å². The molecule has 88 valence electrons. The maximum absolute atomic E-state index is 5.85. The van der Waals surface area contributed by atoms with Crippen molar-refractivity contribution in [2.45, 2.75) is 0 Å². The van der Waals surface area contributed by atoms with E-state index < -0.39 is 0 Å². The molecule has 4 nitrogen and oxygen atoms in total. The lowest BCUT2D eigenvalue weighted by Crippen LogP contribution is -1.97. The summed E-state index contributed by atoms with van der Waals surface area (Å²) < 4.78 is 5.42. The molecule has 0 aliphatic carbocycles. The lowest BCUT2D eigenvalue weighted by atomic mass is 10.3. The standard InChI is InChI=1S/C10H6Cl3N3O/c11-5-1-6(12)3-7(2-5)17-9-8(13)4-15-10(14)16-9/h1-4H,(H2,14,15,16). The summed E-state index contributed by atoms with van der Waals surface area (Å²) in [5.41, 5.74) is 5.43. The summed E-state index contributed by atoms with van der Waals surface area (Å²) in [7, 11) is 0. The molecule has 0 bridgehead atoms. The van der Waals surface area contributed by atoms with E-state index in [-0.39, 0.29) is 16.9 Å². The molecule has 17 heavy (non-hydrogen) atoms. The van der Waals surface area contributed by atoms with Gasteiger partial charge in [0.1, 0.15) is 10.8 Å². The van der Waals surface area contributed by atoms with Crippen LogP contribution < -0.4 is 10.5 Å². The third-order valence-corrected chi connectivity index (χ3v) is 2.48. The van der Waals surface area contributed by atoms with Gasteiger partial charge < -0.3 is 10.5 Å². The minimum atomic E-state index is 0.0672. The molecule has 0 unspecified atom stereocenters. The molecule has 0 atom stereocenters. The highest BCUT2D eigenvalue weighted by Gasteiger charge is 2.07. The molecule has 2 N–H and O–H groups in total. The van der Waals surface area contributed by atoms with Gasteiger partial charge in [0, 0.05) is 10.0 Å². The van der Waals surface area contributed by atoms with Gasteiger partial charge in [-0.25, -0.2) is 4.98 Å². The second kappa shape index (κ2) is 4.96. The van der Waals surface area contributed by atoms with Crippen molar-refractivity contribution in [3.8, 4) is 11.6 Å². The molecule has 0 radical (unpaired) electrons. The number of rotatable bonds is 2. The fourth-order valence-electron chi connectivity index (χ4n) is 1.13. The van der Waals surface area contributed by atoms with E-state index >= 15 is 0 Å². The second-order valence-corrected chi connectivity index (χ2v) is 4.37. The molecule has 1 aromatic heterocycles. The van der Waals surface area contributed by atoms with Crippen LogP contribution in [0.25, 0.3) is 0 Å². The van der Waals surface area contributed by atoms with Crippen LogP contribution in [-0.2, 0) is 0 Å². The van der Waals surface area contributed by atoms with Gasteiger partial charge >= 0.3 is 0 Å². The van der Waals surface area contributed by atoms with E-state index in [0.29, 0.717) is 15.8 Å². The number of ether oxygens (including phenoxy) is 1. The summed E-state index contributed by atoms with van der Waals surface area (Å²) in [5.74, 6) is 0.637. The van der Waals surface area contributed by atoms with Crippen molar-refractivity contribution in [2.24, 2.45) is 0 Å². The van der Waals surface area contributed by atoms with E-state index in [1.165, 1.54) is 6.20 Å². The van der Waals surface area contributed by atoms with Gasteiger partial charge in [0.2, 0.25) is 11.8 Å². The Morgan fingerprint density at radius 2 is 1.71 bits per heavy atom. The molecule has 2 aromatic rings. The normalized spacial score (nSPS) is 10.3. The van der Waals surface area contributed by atoms with E-state index in [2.05, 4.69) is 9.97 Å². The third kappa shape index (κ3) is 3.12. The minimum absolute atomic E-state index is 0.0672. The van der Waals surface area contributed by atoms with Crippen LogP contribution in [0.2, 0.25) is 15.1 Å². The number of aromatic nitrogens is 2. The van der Waals surface area contributed by atoms with Crippen molar-refractivity contribution in [3.05, 3.63) is 39.5 Å². The van der Waals surface area contributed by atoms with Gasteiger partial charge in [-0.15, -0.1) is 0 Å². The Balaban J connectivity index is 2.34. The SMILES string of the molecule is Nc1ncc(Cl)c(Oc2cc(Cl)cc(Cl)c2)n1. The molecule has 0 spiro atoms. The Morgan fingerprint density at radius 3 is 2.35 bits per heavy atom. The highest BCUT2D eigenvalue weighted by molar-refractivity contribution is 6.34. The van der Waals surface area contributed by atoms with Crippen LogP contribution in [0.15, 0.2) is 24.4 Å². The van der Waals surface area contributed by atoms with Crippen LogP contribution in [0, 0.1) is 0 Å². The minimum Gasteiger partial charge on any atom is -0.437 e. The van der Waals surface area contributed by atoms with Crippen molar-refractivity contribution >= 4 is 40.8 Å². The monoisotopic (exact) mass is 289 g/mol. The number of hydrogen-bond donors (Lipinski definition) is 1. The topological polar surface area (TPSA) is 61.0 Å². The van der Waals surface area contributed by atoms with Gasteiger partial charge in [0.15, 0.2) is 0 Å². The number of hydrogen-bond acceptors (Lipinski definition) is 4. The summed E-state index contributed by atoms with van der Waals surface area (Å²) in [6.45, 7) is 0. The van der Waals surface area contributed by atoms with Crippen LogP contribution in [0.5, 0.6) is 11.6 Å². The van der Waals surface area contributed by atoms with E-state index in [4.69, 9.17) is 45.3 Å². The van der Waals surface area contributed by atoms with Gasteiger partial charge in [-0.1, -0.05) is 34.8 Å². The number of nitrogen functional groups attached to an aromatic ring is 1. The lowest BCUT2D eigenvalue weighted by Gasteiger charge is -2.07. The average Bonchev–Trinajstić information content (AvgIpc) is 2.22. The number of benzene rings is 1. The number of halogens is 3. The van der Waals surface area contributed by atoms with E-state index in [0.717, 1.165) is 0 Å². The molecule has 1 aromatic carbocycles. The highest BCUT2D eigenvalue weighted by atomic mass is 35.5. The summed E-state index contributed by atoms with van der Waals surface area (Å²) in [6.07, 6.45) is 1.35. The van der Waals surface area contributed by atoms with Gasteiger partial charge in [-0.3, -0.25) is 0 Å². The Hall–Kier alpha value is -1.23. The molecule has 0 amide bonds. The first-order chi connectivity index (χ1) is 8.04. The predicted molar refractivity (Wildman–Crippen MR) is 68.0 cm³/mol. The predicted octanol–water partition coefficient (Wildman–Crippen LogP) is 3.81. The first kappa shape index (κ1) is 12.2. The summed E-state index contributed by atoms with van der Waals surface area (Å²) in [4.78, 5) is 7.57.